The summed E-state index contributed by atoms with van der Waals surface area (Å²) in [6, 6.07) is 9.29. The summed E-state index contributed by atoms with van der Waals surface area (Å²) in [4.78, 5) is 4.35. The SMILES string of the molecule is CCCNC(c1cccc2ccncc12)C1CCCCC1. The number of nitrogens with zero attached hydrogens (tertiary/aromatic N) is 1. The Kier molecular flexibility index (Phi) is 4.87. The lowest BCUT2D eigenvalue weighted by Gasteiger charge is -2.32. The van der Waals surface area contributed by atoms with Crippen molar-refractivity contribution in [1.82, 2.24) is 10.3 Å². The number of nitrogens with one attached hydrogen (secondary N) is 1. The zero-order chi connectivity index (χ0) is 14.5. The Bertz CT molecular complexity index is 567. The molecular weight excluding hydrogens is 256 g/mol. The number of benzene rings is 1. The van der Waals surface area contributed by atoms with Gasteiger partial charge in [0.25, 0.3) is 0 Å². The number of aromatic nitrogens is 1. The van der Waals surface area contributed by atoms with Gasteiger partial charge < -0.3 is 5.32 Å². The van der Waals surface area contributed by atoms with Crippen LogP contribution in [0.25, 0.3) is 10.8 Å². The van der Waals surface area contributed by atoms with Crippen LogP contribution in [0.1, 0.15) is 57.1 Å². The first-order valence-corrected chi connectivity index (χ1v) is 8.46. The van der Waals surface area contributed by atoms with Crippen molar-refractivity contribution in [3.8, 4) is 0 Å². The lowest BCUT2D eigenvalue weighted by Crippen LogP contribution is -2.30. The van der Waals surface area contributed by atoms with Crippen LogP contribution in [0.4, 0.5) is 0 Å². The van der Waals surface area contributed by atoms with Gasteiger partial charge in [0.15, 0.2) is 0 Å². The molecule has 0 bridgehead atoms. The Morgan fingerprint density at radius 3 is 2.86 bits per heavy atom. The van der Waals surface area contributed by atoms with E-state index in [-0.39, 0.29) is 0 Å². The van der Waals surface area contributed by atoms with Gasteiger partial charge in [0.05, 0.1) is 0 Å². The second kappa shape index (κ2) is 7.04. The fourth-order valence-electron chi connectivity index (χ4n) is 3.71. The van der Waals surface area contributed by atoms with Crippen LogP contribution >= 0.6 is 0 Å². The van der Waals surface area contributed by atoms with Gasteiger partial charge in [-0.1, -0.05) is 44.4 Å². The molecule has 0 saturated heterocycles. The van der Waals surface area contributed by atoms with Crippen molar-refractivity contribution in [2.75, 3.05) is 6.54 Å². The van der Waals surface area contributed by atoms with Crippen LogP contribution in [-0.2, 0) is 0 Å². The fourth-order valence-corrected chi connectivity index (χ4v) is 3.71. The van der Waals surface area contributed by atoms with Crippen molar-refractivity contribution in [2.45, 2.75) is 51.5 Å². The molecule has 0 aliphatic heterocycles. The van der Waals surface area contributed by atoms with E-state index in [1.807, 2.05) is 12.4 Å². The zero-order valence-corrected chi connectivity index (χ0v) is 13.0. The van der Waals surface area contributed by atoms with E-state index in [1.54, 1.807) is 0 Å². The molecule has 1 saturated carbocycles. The average molecular weight is 282 g/mol. The van der Waals surface area contributed by atoms with Gasteiger partial charge in [-0.3, -0.25) is 4.98 Å². The molecule has 2 aromatic rings. The van der Waals surface area contributed by atoms with Crippen molar-refractivity contribution < 1.29 is 0 Å². The molecule has 0 radical (unpaired) electrons. The van der Waals surface area contributed by atoms with Gasteiger partial charge in [-0.25, -0.2) is 0 Å². The molecule has 112 valence electrons. The van der Waals surface area contributed by atoms with Crippen molar-refractivity contribution in [3.05, 3.63) is 42.2 Å². The smallest absolute Gasteiger partial charge is 0.0355 e. The first kappa shape index (κ1) is 14.5. The normalized spacial score (nSPS) is 18.0. The largest absolute Gasteiger partial charge is 0.310 e. The highest BCUT2D eigenvalue weighted by Crippen LogP contribution is 2.36. The number of rotatable bonds is 5. The van der Waals surface area contributed by atoms with Crippen LogP contribution in [0.2, 0.25) is 0 Å². The van der Waals surface area contributed by atoms with Crippen LogP contribution in [0.5, 0.6) is 0 Å². The lowest BCUT2D eigenvalue weighted by molar-refractivity contribution is 0.273. The second-order valence-electron chi connectivity index (χ2n) is 6.27. The summed E-state index contributed by atoms with van der Waals surface area (Å²) in [6.45, 7) is 3.34. The van der Waals surface area contributed by atoms with E-state index in [2.05, 4.69) is 41.5 Å². The quantitative estimate of drug-likeness (QED) is 0.847. The van der Waals surface area contributed by atoms with E-state index in [1.165, 1.54) is 54.9 Å². The summed E-state index contributed by atoms with van der Waals surface area (Å²) in [6.07, 6.45) is 12.0. The molecule has 1 aromatic heterocycles. The summed E-state index contributed by atoms with van der Waals surface area (Å²) >= 11 is 0. The van der Waals surface area contributed by atoms with Crippen LogP contribution in [0, 0.1) is 5.92 Å². The van der Waals surface area contributed by atoms with E-state index >= 15 is 0 Å². The van der Waals surface area contributed by atoms with Crippen molar-refractivity contribution in [2.24, 2.45) is 5.92 Å². The molecule has 1 N–H and O–H groups in total. The number of fused-ring (bicyclic) bond motifs is 1. The van der Waals surface area contributed by atoms with E-state index in [9.17, 15) is 0 Å². The summed E-state index contributed by atoms with van der Waals surface area (Å²) in [7, 11) is 0. The number of hydrogen-bond donors (Lipinski definition) is 1. The number of pyridine rings is 1. The van der Waals surface area contributed by atoms with Crippen molar-refractivity contribution in [3.63, 3.8) is 0 Å². The maximum atomic E-state index is 4.35. The summed E-state index contributed by atoms with van der Waals surface area (Å²) < 4.78 is 0. The first-order valence-electron chi connectivity index (χ1n) is 8.46. The third kappa shape index (κ3) is 3.26. The van der Waals surface area contributed by atoms with E-state index < -0.39 is 0 Å². The first-order chi connectivity index (χ1) is 10.4. The Labute approximate surface area is 128 Å². The molecule has 1 heterocycles. The van der Waals surface area contributed by atoms with Gasteiger partial charge >= 0.3 is 0 Å². The minimum atomic E-state index is 0.484. The van der Waals surface area contributed by atoms with E-state index in [0.717, 1.165) is 12.5 Å². The van der Waals surface area contributed by atoms with Crippen LogP contribution in [0.3, 0.4) is 0 Å². The Hall–Kier alpha value is -1.41. The fraction of sp³-hybridized carbons (Fsp3) is 0.526. The van der Waals surface area contributed by atoms with Gasteiger partial charge in [0, 0.05) is 23.8 Å². The highest BCUT2D eigenvalue weighted by molar-refractivity contribution is 5.85. The Morgan fingerprint density at radius 2 is 2.05 bits per heavy atom. The molecule has 2 nitrogen and oxygen atoms in total. The Balaban J connectivity index is 1.96. The molecule has 3 rings (SSSR count). The molecular formula is C19H26N2. The predicted octanol–water partition coefficient (Wildman–Crippen LogP) is 4.86. The topological polar surface area (TPSA) is 24.9 Å². The lowest BCUT2D eigenvalue weighted by atomic mass is 9.80. The minimum Gasteiger partial charge on any atom is -0.310 e. The monoisotopic (exact) mass is 282 g/mol. The maximum Gasteiger partial charge on any atom is 0.0355 e. The van der Waals surface area contributed by atoms with Crippen molar-refractivity contribution in [1.29, 1.82) is 0 Å². The van der Waals surface area contributed by atoms with Crippen LogP contribution < -0.4 is 5.32 Å². The predicted molar refractivity (Wildman–Crippen MR) is 89.4 cm³/mol. The van der Waals surface area contributed by atoms with Crippen LogP contribution in [0.15, 0.2) is 36.7 Å². The molecule has 0 amide bonds. The van der Waals surface area contributed by atoms with Crippen molar-refractivity contribution >= 4 is 10.8 Å². The average Bonchev–Trinajstić information content (AvgIpc) is 2.56. The molecule has 21 heavy (non-hydrogen) atoms. The molecule has 1 aliphatic rings. The molecule has 1 fully saturated rings. The maximum absolute atomic E-state index is 4.35. The summed E-state index contributed by atoms with van der Waals surface area (Å²) in [5, 5.41) is 6.45. The van der Waals surface area contributed by atoms with Gasteiger partial charge in [0.2, 0.25) is 0 Å². The third-order valence-electron chi connectivity index (χ3n) is 4.79. The molecule has 2 heteroatoms. The summed E-state index contributed by atoms with van der Waals surface area (Å²) in [5.41, 5.74) is 1.45. The zero-order valence-electron chi connectivity index (χ0n) is 13.0. The van der Waals surface area contributed by atoms with E-state index in [0.29, 0.717) is 6.04 Å². The van der Waals surface area contributed by atoms with Gasteiger partial charge in [-0.05, 0) is 48.7 Å². The number of hydrogen-bond acceptors (Lipinski definition) is 2. The standard InChI is InChI=1S/C19H26N2/c1-2-12-21-19(16-7-4-3-5-8-16)17-10-6-9-15-11-13-20-14-18(15)17/h6,9-11,13-14,16,19,21H,2-5,7-8,12H2,1H3. The molecule has 1 aliphatic carbocycles. The molecule has 0 spiro atoms. The minimum absolute atomic E-state index is 0.484. The third-order valence-corrected chi connectivity index (χ3v) is 4.79. The van der Waals surface area contributed by atoms with Crippen LogP contribution in [-0.4, -0.2) is 11.5 Å². The highest BCUT2D eigenvalue weighted by Gasteiger charge is 2.25. The summed E-state index contributed by atoms with van der Waals surface area (Å²) in [5.74, 6) is 0.774. The van der Waals surface area contributed by atoms with Gasteiger partial charge in [0.1, 0.15) is 0 Å². The Morgan fingerprint density at radius 1 is 1.19 bits per heavy atom. The molecule has 1 unspecified atom stereocenters. The van der Waals surface area contributed by atoms with E-state index in [4.69, 9.17) is 0 Å². The highest BCUT2D eigenvalue weighted by atomic mass is 14.9. The second-order valence-corrected chi connectivity index (χ2v) is 6.27. The van der Waals surface area contributed by atoms with Gasteiger partial charge in [-0.2, -0.15) is 0 Å². The van der Waals surface area contributed by atoms with Gasteiger partial charge in [-0.15, -0.1) is 0 Å². The molecule has 1 aromatic carbocycles. The molecule has 1 atom stereocenters.